The number of ether oxygens (including phenoxy) is 3. The summed E-state index contributed by atoms with van der Waals surface area (Å²) in [5, 5.41) is 0. The zero-order valence-corrected chi connectivity index (χ0v) is 17.4. The molecule has 0 heterocycles. The van der Waals surface area contributed by atoms with Gasteiger partial charge in [-0.05, 0) is 62.2 Å². The van der Waals surface area contributed by atoms with Gasteiger partial charge in [-0.25, -0.2) is 13.2 Å². The Morgan fingerprint density at radius 2 is 1.68 bits per heavy atom. The van der Waals surface area contributed by atoms with Crippen molar-refractivity contribution in [1.29, 1.82) is 0 Å². The summed E-state index contributed by atoms with van der Waals surface area (Å²) in [4.78, 5) is 12.2. The highest BCUT2D eigenvalue weighted by Crippen LogP contribution is 2.30. The number of hydrogen-bond acceptors (Lipinski definition) is 6. The summed E-state index contributed by atoms with van der Waals surface area (Å²) < 4.78 is 43.9. The Bertz CT molecular complexity index is 953. The van der Waals surface area contributed by atoms with Crippen molar-refractivity contribution >= 4 is 21.7 Å². The van der Waals surface area contributed by atoms with Crippen LogP contribution >= 0.6 is 0 Å². The summed E-state index contributed by atoms with van der Waals surface area (Å²) >= 11 is 0. The Morgan fingerprint density at radius 1 is 1.04 bits per heavy atom. The maximum absolute atomic E-state index is 12.9. The highest BCUT2D eigenvalue weighted by molar-refractivity contribution is 7.92. The van der Waals surface area contributed by atoms with E-state index >= 15 is 0 Å². The lowest BCUT2D eigenvalue weighted by Crippen LogP contribution is -2.16. The van der Waals surface area contributed by atoms with Crippen molar-refractivity contribution in [2.24, 2.45) is 0 Å². The molecule has 8 heteroatoms. The van der Waals surface area contributed by atoms with Crippen LogP contribution in [-0.4, -0.2) is 34.7 Å². The molecular weight excluding hydrogens is 382 g/mol. The van der Waals surface area contributed by atoms with Crippen molar-refractivity contribution in [3.63, 3.8) is 0 Å². The minimum Gasteiger partial charge on any atom is -0.496 e. The van der Waals surface area contributed by atoms with E-state index in [0.717, 1.165) is 5.56 Å². The second-order valence-corrected chi connectivity index (χ2v) is 7.98. The van der Waals surface area contributed by atoms with E-state index in [0.29, 0.717) is 12.2 Å². The molecule has 0 spiro atoms. The van der Waals surface area contributed by atoms with Gasteiger partial charge in [0.2, 0.25) is 0 Å². The van der Waals surface area contributed by atoms with E-state index in [1.54, 1.807) is 26.0 Å². The highest BCUT2D eigenvalue weighted by Gasteiger charge is 2.20. The third-order valence-corrected chi connectivity index (χ3v) is 5.33. The zero-order valence-electron chi connectivity index (χ0n) is 16.6. The minimum absolute atomic E-state index is 0.0855. The fraction of sp³-hybridized carbons (Fsp3) is 0.350. The van der Waals surface area contributed by atoms with E-state index in [4.69, 9.17) is 14.2 Å². The Labute approximate surface area is 165 Å². The standard InChI is InChI=1S/C20H25NO6S/c1-6-14-11-16(8-10-18(14)25-4)28(23,24)21-17-12-15(7-9-19(17)26-5)20(22)27-13(2)3/h7-13,21H,6H2,1-5H3. The third kappa shape index (κ3) is 4.95. The number of aryl methyl sites for hydroxylation is 1. The van der Waals surface area contributed by atoms with E-state index < -0.39 is 16.0 Å². The summed E-state index contributed by atoms with van der Waals surface area (Å²) in [7, 11) is -0.953. The van der Waals surface area contributed by atoms with Crippen LogP contribution in [0.1, 0.15) is 36.7 Å². The fourth-order valence-electron chi connectivity index (χ4n) is 2.60. The SMILES string of the molecule is CCc1cc(S(=O)(=O)Nc2cc(C(=O)OC(C)C)ccc2OC)ccc1OC. The van der Waals surface area contributed by atoms with Crippen LogP contribution in [0.2, 0.25) is 0 Å². The summed E-state index contributed by atoms with van der Waals surface area (Å²) in [6.07, 6.45) is 0.327. The highest BCUT2D eigenvalue weighted by atomic mass is 32.2. The van der Waals surface area contributed by atoms with Gasteiger partial charge in [0.25, 0.3) is 10.0 Å². The van der Waals surface area contributed by atoms with Gasteiger partial charge < -0.3 is 14.2 Å². The molecule has 0 saturated heterocycles. The molecule has 0 atom stereocenters. The molecule has 0 aliphatic heterocycles. The largest absolute Gasteiger partial charge is 0.496 e. The first-order valence-corrected chi connectivity index (χ1v) is 10.3. The number of benzene rings is 2. The third-order valence-electron chi connectivity index (χ3n) is 3.97. The smallest absolute Gasteiger partial charge is 0.338 e. The molecule has 7 nitrogen and oxygen atoms in total. The fourth-order valence-corrected chi connectivity index (χ4v) is 3.71. The molecule has 0 aliphatic rings. The Kier molecular flexibility index (Phi) is 6.90. The van der Waals surface area contributed by atoms with Crippen molar-refractivity contribution in [2.45, 2.75) is 38.2 Å². The predicted octanol–water partition coefficient (Wildman–Crippen LogP) is 3.63. The molecule has 2 aromatic carbocycles. The van der Waals surface area contributed by atoms with Crippen LogP contribution in [0.25, 0.3) is 0 Å². The van der Waals surface area contributed by atoms with Crippen molar-refractivity contribution in [1.82, 2.24) is 0 Å². The molecule has 28 heavy (non-hydrogen) atoms. The average Bonchev–Trinajstić information content (AvgIpc) is 2.66. The Morgan fingerprint density at radius 3 is 2.25 bits per heavy atom. The van der Waals surface area contributed by atoms with Crippen LogP contribution < -0.4 is 14.2 Å². The van der Waals surface area contributed by atoms with Crippen LogP contribution in [0.5, 0.6) is 11.5 Å². The normalized spacial score (nSPS) is 11.2. The van der Waals surface area contributed by atoms with Gasteiger partial charge in [0.1, 0.15) is 11.5 Å². The molecule has 2 aromatic rings. The van der Waals surface area contributed by atoms with Crippen LogP contribution in [-0.2, 0) is 21.2 Å². The zero-order chi connectivity index (χ0) is 20.9. The van der Waals surface area contributed by atoms with Gasteiger partial charge in [0.05, 0.1) is 36.5 Å². The van der Waals surface area contributed by atoms with Gasteiger partial charge in [-0.1, -0.05) is 6.92 Å². The summed E-state index contributed by atoms with van der Waals surface area (Å²) in [5.41, 5.74) is 1.14. The maximum Gasteiger partial charge on any atom is 0.338 e. The molecule has 0 radical (unpaired) electrons. The first-order chi connectivity index (χ1) is 13.2. The number of anilines is 1. The number of methoxy groups -OCH3 is 2. The molecule has 0 aromatic heterocycles. The summed E-state index contributed by atoms with van der Waals surface area (Å²) in [6, 6.07) is 9.06. The van der Waals surface area contributed by atoms with Crippen LogP contribution in [0.4, 0.5) is 5.69 Å². The number of nitrogens with one attached hydrogen (secondary N) is 1. The number of hydrogen-bond donors (Lipinski definition) is 1. The van der Waals surface area contributed by atoms with Crippen molar-refractivity contribution < 1.29 is 27.4 Å². The Balaban J connectivity index is 2.41. The number of rotatable bonds is 8. The van der Waals surface area contributed by atoms with Crippen LogP contribution in [0.15, 0.2) is 41.3 Å². The number of esters is 1. The first-order valence-electron chi connectivity index (χ1n) is 8.80. The lowest BCUT2D eigenvalue weighted by atomic mass is 10.1. The summed E-state index contributed by atoms with van der Waals surface area (Å²) in [5.74, 6) is 0.363. The second kappa shape index (κ2) is 8.97. The number of sulfonamides is 1. The van der Waals surface area contributed by atoms with E-state index in [9.17, 15) is 13.2 Å². The van der Waals surface area contributed by atoms with E-state index in [1.165, 1.54) is 38.5 Å². The maximum atomic E-state index is 12.9. The molecule has 2 rings (SSSR count). The van der Waals surface area contributed by atoms with Gasteiger partial charge in [-0.15, -0.1) is 0 Å². The van der Waals surface area contributed by atoms with Gasteiger partial charge in [0.15, 0.2) is 0 Å². The van der Waals surface area contributed by atoms with Gasteiger partial charge in [-0.2, -0.15) is 0 Å². The van der Waals surface area contributed by atoms with Gasteiger partial charge >= 0.3 is 5.97 Å². The Hall–Kier alpha value is -2.74. The van der Waals surface area contributed by atoms with Crippen molar-refractivity contribution in [3.05, 3.63) is 47.5 Å². The topological polar surface area (TPSA) is 90.9 Å². The molecule has 152 valence electrons. The van der Waals surface area contributed by atoms with E-state index in [1.807, 2.05) is 6.92 Å². The minimum atomic E-state index is -3.91. The molecule has 0 saturated carbocycles. The van der Waals surface area contributed by atoms with Crippen molar-refractivity contribution in [3.8, 4) is 11.5 Å². The first kappa shape index (κ1) is 21.6. The number of carbonyl (C=O) groups is 1. The van der Waals surface area contributed by atoms with Crippen molar-refractivity contribution in [2.75, 3.05) is 18.9 Å². The van der Waals surface area contributed by atoms with Crippen LogP contribution in [0, 0.1) is 0 Å². The molecule has 0 amide bonds. The van der Waals surface area contributed by atoms with E-state index in [2.05, 4.69) is 4.72 Å². The summed E-state index contributed by atoms with van der Waals surface area (Å²) in [6.45, 7) is 5.38. The van der Waals surface area contributed by atoms with Crippen LogP contribution in [0.3, 0.4) is 0 Å². The molecule has 0 fully saturated rings. The number of carbonyl (C=O) groups excluding carboxylic acids is 1. The van der Waals surface area contributed by atoms with E-state index in [-0.39, 0.29) is 28.0 Å². The lowest BCUT2D eigenvalue weighted by Gasteiger charge is -2.15. The average molecular weight is 407 g/mol. The predicted molar refractivity (Wildman–Crippen MR) is 107 cm³/mol. The molecule has 0 unspecified atom stereocenters. The monoisotopic (exact) mass is 407 g/mol. The quantitative estimate of drug-likeness (QED) is 0.672. The molecule has 0 bridgehead atoms. The molecule has 1 N–H and O–H groups in total. The second-order valence-electron chi connectivity index (χ2n) is 6.30. The van der Waals surface area contributed by atoms with Gasteiger partial charge in [0, 0.05) is 0 Å². The molecule has 0 aliphatic carbocycles. The van der Waals surface area contributed by atoms with Gasteiger partial charge in [-0.3, -0.25) is 4.72 Å². The molecular formula is C20H25NO6S. The lowest BCUT2D eigenvalue weighted by molar-refractivity contribution is 0.0378.